The fourth-order valence-electron chi connectivity index (χ4n) is 2.62. The summed E-state index contributed by atoms with van der Waals surface area (Å²) in [5.74, 6) is 0.00816. The van der Waals surface area contributed by atoms with Gasteiger partial charge in [0.05, 0.1) is 0 Å². The molecule has 0 bridgehead atoms. The van der Waals surface area contributed by atoms with Gasteiger partial charge in [0.1, 0.15) is 6.04 Å². The van der Waals surface area contributed by atoms with Gasteiger partial charge in [-0.3, -0.25) is 9.59 Å². The minimum Gasteiger partial charge on any atom is -0.350 e. The normalized spacial score (nSPS) is 18.6. The van der Waals surface area contributed by atoms with Crippen LogP contribution in [-0.2, 0) is 16.1 Å². The van der Waals surface area contributed by atoms with Crippen LogP contribution in [0.2, 0.25) is 0 Å². The zero-order valence-electron chi connectivity index (χ0n) is 13.1. The lowest BCUT2D eigenvalue weighted by Crippen LogP contribution is -2.49. The minimum absolute atomic E-state index is 0.0473. The van der Waals surface area contributed by atoms with Crippen LogP contribution in [0.1, 0.15) is 39.2 Å². The van der Waals surface area contributed by atoms with Crippen molar-refractivity contribution in [3.05, 3.63) is 35.9 Å². The molecule has 0 saturated carbocycles. The van der Waals surface area contributed by atoms with E-state index in [4.69, 9.17) is 0 Å². The summed E-state index contributed by atoms with van der Waals surface area (Å²) in [7, 11) is 0. The molecule has 0 unspecified atom stereocenters. The van der Waals surface area contributed by atoms with Crippen molar-refractivity contribution in [3.8, 4) is 0 Å². The first-order valence-electron chi connectivity index (χ1n) is 7.52. The summed E-state index contributed by atoms with van der Waals surface area (Å²) < 4.78 is 0. The number of amides is 2. The maximum atomic E-state index is 12.4. The summed E-state index contributed by atoms with van der Waals surface area (Å²) in [6.07, 6.45) is 1.65. The van der Waals surface area contributed by atoms with Crippen molar-refractivity contribution in [2.75, 3.05) is 6.54 Å². The zero-order valence-corrected chi connectivity index (χ0v) is 13.1. The first-order chi connectivity index (χ1) is 9.89. The van der Waals surface area contributed by atoms with Crippen molar-refractivity contribution in [3.63, 3.8) is 0 Å². The van der Waals surface area contributed by atoms with Crippen LogP contribution >= 0.6 is 0 Å². The van der Waals surface area contributed by atoms with E-state index in [0.717, 1.165) is 18.4 Å². The highest BCUT2D eigenvalue weighted by Gasteiger charge is 2.38. The number of likely N-dealkylation sites (tertiary alicyclic amines) is 1. The van der Waals surface area contributed by atoms with Gasteiger partial charge in [-0.15, -0.1) is 0 Å². The number of hydrogen-bond donors (Lipinski definition) is 1. The van der Waals surface area contributed by atoms with Gasteiger partial charge in [-0.05, 0) is 18.4 Å². The molecule has 1 aliphatic rings. The molecule has 4 nitrogen and oxygen atoms in total. The van der Waals surface area contributed by atoms with E-state index in [1.54, 1.807) is 4.90 Å². The van der Waals surface area contributed by atoms with Crippen molar-refractivity contribution in [2.24, 2.45) is 5.41 Å². The summed E-state index contributed by atoms with van der Waals surface area (Å²) in [4.78, 5) is 26.5. The van der Waals surface area contributed by atoms with Crippen molar-refractivity contribution in [1.82, 2.24) is 10.2 Å². The van der Waals surface area contributed by atoms with Gasteiger partial charge in [0.2, 0.25) is 11.8 Å². The van der Waals surface area contributed by atoms with Crippen LogP contribution in [-0.4, -0.2) is 29.3 Å². The third-order valence-electron chi connectivity index (χ3n) is 3.77. The van der Waals surface area contributed by atoms with E-state index in [0.29, 0.717) is 13.1 Å². The predicted molar refractivity (Wildman–Crippen MR) is 82.5 cm³/mol. The third kappa shape index (κ3) is 3.84. The van der Waals surface area contributed by atoms with Crippen LogP contribution in [0, 0.1) is 5.41 Å². The number of benzene rings is 1. The van der Waals surface area contributed by atoms with Gasteiger partial charge in [-0.1, -0.05) is 51.1 Å². The van der Waals surface area contributed by atoms with Gasteiger partial charge in [0.15, 0.2) is 0 Å². The number of hydrogen-bond acceptors (Lipinski definition) is 2. The van der Waals surface area contributed by atoms with E-state index in [2.05, 4.69) is 5.32 Å². The largest absolute Gasteiger partial charge is 0.350 e. The van der Waals surface area contributed by atoms with Crippen molar-refractivity contribution < 1.29 is 9.59 Å². The second-order valence-corrected chi connectivity index (χ2v) is 6.61. The molecule has 1 aromatic rings. The summed E-state index contributed by atoms with van der Waals surface area (Å²) >= 11 is 0. The molecule has 114 valence electrons. The average Bonchev–Trinajstić information content (AvgIpc) is 2.93. The Bertz CT molecular complexity index is 505. The van der Waals surface area contributed by atoms with Gasteiger partial charge in [0.25, 0.3) is 0 Å². The van der Waals surface area contributed by atoms with E-state index in [9.17, 15) is 9.59 Å². The zero-order chi connectivity index (χ0) is 15.5. The first kappa shape index (κ1) is 15.5. The highest BCUT2D eigenvalue weighted by atomic mass is 16.2. The Balaban J connectivity index is 1.96. The molecule has 1 aliphatic heterocycles. The van der Waals surface area contributed by atoms with E-state index < -0.39 is 5.41 Å². The molecular weight excluding hydrogens is 264 g/mol. The molecule has 1 saturated heterocycles. The van der Waals surface area contributed by atoms with Crippen LogP contribution in [0.3, 0.4) is 0 Å². The van der Waals surface area contributed by atoms with E-state index >= 15 is 0 Å². The first-order valence-corrected chi connectivity index (χ1v) is 7.52. The monoisotopic (exact) mass is 288 g/mol. The predicted octanol–water partition coefficient (Wildman–Crippen LogP) is 2.34. The topological polar surface area (TPSA) is 49.4 Å². The molecule has 0 radical (unpaired) electrons. The molecular formula is C17H24N2O2. The molecule has 0 spiro atoms. The number of carbonyl (C=O) groups is 2. The Kier molecular flexibility index (Phi) is 4.66. The Labute approximate surface area is 126 Å². The molecule has 21 heavy (non-hydrogen) atoms. The molecule has 1 heterocycles. The molecule has 1 fully saturated rings. The van der Waals surface area contributed by atoms with Gasteiger partial charge in [0, 0.05) is 18.5 Å². The van der Waals surface area contributed by atoms with Gasteiger partial charge < -0.3 is 10.2 Å². The number of carbonyl (C=O) groups excluding carboxylic acids is 2. The van der Waals surface area contributed by atoms with Crippen LogP contribution < -0.4 is 5.32 Å². The summed E-state index contributed by atoms with van der Waals surface area (Å²) in [5.41, 5.74) is 0.625. The Morgan fingerprint density at radius 3 is 2.52 bits per heavy atom. The fourth-order valence-corrected chi connectivity index (χ4v) is 2.62. The summed E-state index contributed by atoms with van der Waals surface area (Å²) in [6.45, 7) is 6.87. The lowest BCUT2D eigenvalue weighted by atomic mass is 9.94. The lowest BCUT2D eigenvalue weighted by molar-refractivity contribution is -0.144. The standard InChI is InChI=1S/C17H24N2O2/c1-17(2,3)16(21)19-11-7-10-14(19)15(20)18-12-13-8-5-4-6-9-13/h4-6,8-9,14H,7,10-12H2,1-3H3,(H,18,20)/t14-/m1/s1. The second kappa shape index (κ2) is 6.29. The molecule has 2 amide bonds. The molecule has 1 aromatic carbocycles. The van der Waals surface area contributed by atoms with E-state index in [1.165, 1.54) is 0 Å². The highest BCUT2D eigenvalue weighted by molar-refractivity contribution is 5.90. The minimum atomic E-state index is -0.442. The Morgan fingerprint density at radius 1 is 1.24 bits per heavy atom. The third-order valence-corrected chi connectivity index (χ3v) is 3.77. The summed E-state index contributed by atoms with van der Waals surface area (Å²) in [6, 6.07) is 9.49. The van der Waals surface area contributed by atoms with Gasteiger partial charge >= 0.3 is 0 Å². The number of nitrogens with zero attached hydrogens (tertiary/aromatic N) is 1. The number of rotatable bonds is 3. The Morgan fingerprint density at radius 2 is 1.90 bits per heavy atom. The van der Waals surface area contributed by atoms with Crippen molar-refractivity contribution in [2.45, 2.75) is 46.2 Å². The Hall–Kier alpha value is -1.84. The molecule has 4 heteroatoms. The SMILES string of the molecule is CC(C)(C)C(=O)N1CCC[C@@H]1C(=O)NCc1ccccc1. The van der Waals surface area contributed by atoms with E-state index in [1.807, 2.05) is 51.1 Å². The van der Waals surface area contributed by atoms with Crippen LogP contribution in [0.25, 0.3) is 0 Å². The molecule has 1 N–H and O–H groups in total. The fraction of sp³-hybridized carbons (Fsp3) is 0.529. The molecule has 0 aliphatic carbocycles. The average molecular weight is 288 g/mol. The lowest BCUT2D eigenvalue weighted by Gasteiger charge is -2.30. The van der Waals surface area contributed by atoms with Crippen LogP contribution in [0.15, 0.2) is 30.3 Å². The maximum absolute atomic E-state index is 12.4. The maximum Gasteiger partial charge on any atom is 0.243 e. The number of nitrogens with one attached hydrogen (secondary N) is 1. The molecule has 0 aromatic heterocycles. The molecule has 2 rings (SSSR count). The van der Waals surface area contributed by atoms with Crippen LogP contribution in [0.4, 0.5) is 0 Å². The highest BCUT2D eigenvalue weighted by Crippen LogP contribution is 2.25. The van der Waals surface area contributed by atoms with Gasteiger partial charge in [-0.25, -0.2) is 0 Å². The van der Waals surface area contributed by atoms with Crippen molar-refractivity contribution >= 4 is 11.8 Å². The van der Waals surface area contributed by atoms with E-state index in [-0.39, 0.29) is 17.9 Å². The summed E-state index contributed by atoms with van der Waals surface area (Å²) in [5, 5.41) is 2.94. The van der Waals surface area contributed by atoms with Crippen LogP contribution in [0.5, 0.6) is 0 Å². The molecule has 1 atom stereocenters. The second-order valence-electron chi connectivity index (χ2n) is 6.61. The quantitative estimate of drug-likeness (QED) is 0.928. The smallest absolute Gasteiger partial charge is 0.243 e. The van der Waals surface area contributed by atoms with Crippen molar-refractivity contribution in [1.29, 1.82) is 0 Å². The van der Waals surface area contributed by atoms with Gasteiger partial charge in [-0.2, -0.15) is 0 Å².